The second-order valence-electron chi connectivity index (χ2n) is 4.09. The highest BCUT2D eigenvalue weighted by molar-refractivity contribution is 9.10. The summed E-state index contributed by atoms with van der Waals surface area (Å²) in [5.41, 5.74) is 2.34. The number of hydrogen-bond acceptors (Lipinski definition) is 4. The first kappa shape index (κ1) is 15.4. The zero-order chi connectivity index (χ0) is 13.4. The van der Waals surface area contributed by atoms with E-state index < -0.39 is 0 Å². The maximum atomic E-state index is 9.01. The van der Waals surface area contributed by atoms with Gasteiger partial charge >= 0.3 is 0 Å². The third-order valence-electron chi connectivity index (χ3n) is 2.69. The summed E-state index contributed by atoms with van der Waals surface area (Å²) in [4.78, 5) is 2.06. The van der Waals surface area contributed by atoms with Crippen LogP contribution in [0.2, 0.25) is 0 Å². The molecule has 0 atom stereocenters. The van der Waals surface area contributed by atoms with Gasteiger partial charge in [-0.05, 0) is 23.8 Å². The summed E-state index contributed by atoms with van der Waals surface area (Å²) in [6, 6.07) is 6.18. The van der Waals surface area contributed by atoms with Gasteiger partial charge in [-0.15, -0.1) is 0 Å². The topological polar surface area (TPSA) is 44.7 Å². The summed E-state index contributed by atoms with van der Waals surface area (Å²) >= 11 is 3.49. The number of benzene rings is 1. The van der Waals surface area contributed by atoms with E-state index in [4.69, 9.17) is 9.84 Å². The summed E-state index contributed by atoms with van der Waals surface area (Å²) in [7, 11) is 3.68. The zero-order valence-corrected chi connectivity index (χ0v) is 12.5. The number of likely N-dealkylation sites (N-methyl/N-ethyl adjacent to an activating group) is 1. The smallest absolute Gasteiger partial charge is 0.0606 e. The first-order valence-corrected chi connectivity index (χ1v) is 6.78. The SMILES string of the molecule is COCCNCc1cc(Br)ccc1N(C)CCO. The molecule has 0 aliphatic rings. The number of nitrogens with one attached hydrogen (secondary N) is 1. The molecule has 0 aliphatic heterocycles. The number of hydrogen-bond donors (Lipinski definition) is 2. The third-order valence-corrected chi connectivity index (χ3v) is 3.18. The van der Waals surface area contributed by atoms with Crippen molar-refractivity contribution in [1.29, 1.82) is 0 Å². The van der Waals surface area contributed by atoms with Crippen LogP contribution in [0.5, 0.6) is 0 Å². The Balaban J connectivity index is 2.70. The molecule has 0 aromatic heterocycles. The predicted octanol–water partition coefficient (Wildman–Crippen LogP) is 1.61. The van der Waals surface area contributed by atoms with Crippen molar-refractivity contribution in [3.63, 3.8) is 0 Å². The van der Waals surface area contributed by atoms with E-state index in [-0.39, 0.29) is 6.61 Å². The van der Waals surface area contributed by atoms with Gasteiger partial charge in [-0.25, -0.2) is 0 Å². The molecule has 0 heterocycles. The molecule has 0 bridgehead atoms. The molecule has 0 radical (unpaired) electrons. The molecule has 1 aromatic carbocycles. The normalized spacial score (nSPS) is 10.7. The van der Waals surface area contributed by atoms with E-state index >= 15 is 0 Å². The van der Waals surface area contributed by atoms with Crippen LogP contribution < -0.4 is 10.2 Å². The lowest BCUT2D eigenvalue weighted by atomic mass is 10.1. The van der Waals surface area contributed by atoms with Crippen LogP contribution in [0.4, 0.5) is 5.69 Å². The minimum Gasteiger partial charge on any atom is -0.395 e. The number of anilines is 1. The Labute approximate surface area is 117 Å². The Morgan fingerprint density at radius 3 is 2.89 bits per heavy atom. The summed E-state index contributed by atoms with van der Waals surface area (Å²) in [5, 5.41) is 12.3. The number of halogens is 1. The Morgan fingerprint density at radius 1 is 1.44 bits per heavy atom. The van der Waals surface area contributed by atoms with E-state index in [1.807, 2.05) is 13.1 Å². The van der Waals surface area contributed by atoms with Crippen LogP contribution in [-0.2, 0) is 11.3 Å². The second-order valence-corrected chi connectivity index (χ2v) is 5.00. The molecule has 5 heteroatoms. The lowest BCUT2D eigenvalue weighted by Crippen LogP contribution is -2.25. The van der Waals surface area contributed by atoms with Crippen LogP contribution in [0.1, 0.15) is 5.56 Å². The van der Waals surface area contributed by atoms with Crippen molar-refractivity contribution in [3.8, 4) is 0 Å². The quantitative estimate of drug-likeness (QED) is 0.715. The van der Waals surface area contributed by atoms with Gasteiger partial charge in [0.05, 0.1) is 13.2 Å². The van der Waals surface area contributed by atoms with Crippen molar-refractivity contribution < 1.29 is 9.84 Å². The summed E-state index contributed by atoms with van der Waals surface area (Å²) in [5.74, 6) is 0. The maximum Gasteiger partial charge on any atom is 0.0606 e. The summed E-state index contributed by atoms with van der Waals surface area (Å²) in [6.07, 6.45) is 0. The van der Waals surface area contributed by atoms with Crippen molar-refractivity contribution in [2.24, 2.45) is 0 Å². The molecule has 0 amide bonds. The van der Waals surface area contributed by atoms with Crippen molar-refractivity contribution in [2.75, 3.05) is 45.4 Å². The second kappa shape index (κ2) is 8.48. The van der Waals surface area contributed by atoms with Crippen molar-refractivity contribution in [2.45, 2.75) is 6.54 Å². The molecule has 18 heavy (non-hydrogen) atoms. The van der Waals surface area contributed by atoms with Crippen LogP contribution in [0.25, 0.3) is 0 Å². The van der Waals surface area contributed by atoms with Crippen LogP contribution in [-0.4, -0.2) is 45.6 Å². The molecule has 0 aliphatic carbocycles. The number of aliphatic hydroxyl groups excluding tert-OH is 1. The van der Waals surface area contributed by atoms with Gasteiger partial charge in [0.25, 0.3) is 0 Å². The number of methoxy groups -OCH3 is 1. The Morgan fingerprint density at radius 2 is 2.22 bits per heavy atom. The summed E-state index contributed by atoms with van der Waals surface area (Å²) in [6.45, 7) is 3.10. The van der Waals surface area contributed by atoms with Gasteiger partial charge in [-0.2, -0.15) is 0 Å². The highest BCUT2D eigenvalue weighted by Gasteiger charge is 2.07. The Hall–Kier alpha value is -0.620. The maximum absolute atomic E-state index is 9.01. The molecule has 102 valence electrons. The number of rotatable bonds is 8. The number of aliphatic hydroxyl groups is 1. The standard InChI is InChI=1S/C13H21BrN2O2/c1-16(6-7-17)13-4-3-12(14)9-11(13)10-15-5-8-18-2/h3-4,9,15,17H,5-8,10H2,1-2H3. The fourth-order valence-electron chi connectivity index (χ4n) is 1.74. The van der Waals surface area contributed by atoms with Crippen molar-refractivity contribution in [1.82, 2.24) is 5.32 Å². The van der Waals surface area contributed by atoms with Crippen LogP contribution >= 0.6 is 15.9 Å². The fourth-order valence-corrected chi connectivity index (χ4v) is 2.14. The number of ether oxygens (including phenoxy) is 1. The lowest BCUT2D eigenvalue weighted by Gasteiger charge is -2.22. The predicted molar refractivity (Wildman–Crippen MR) is 78.1 cm³/mol. The molecule has 0 saturated heterocycles. The Kier molecular flexibility index (Phi) is 7.27. The average Bonchev–Trinajstić information content (AvgIpc) is 2.35. The van der Waals surface area contributed by atoms with Gasteiger partial charge in [0.15, 0.2) is 0 Å². The fraction of sp³-hybridized carbons (Fsp3) is 0.538. The van der Waals surface area contributed by atoms with Gasteiger partial charge in [0.1, 0.15) is 0 Å². The molecule has 0 saturated carbocycles. The van der Waals surface area contributed by atoms with E-state index in [1.165, 1.54) is 5.56 Å². The highest BCUT2D eigenvalue weighted by atomic mass is 79.9. The lowest BCUT2D eigenvalue weighted by molar-refractivity contribution is 0.199. The van der Waals surface area contributed by atoms with Gasteiger partial charge in [0.2, 0.25) is 0 Å². The molecule has 4 nitrogen and oxygen atoms in total. The van der Waals surface area contributed by atoms with E-state index in [9.17, 15) is 0 Å². The molecular weight excluding hydrogens is 296 g/mol. The highest BCUT2D eigenvalue weighted by Crippen LogP contribution is 2.23. The van der Waals surface area contributed by atoms with Gasteiger partial charge in [-0.3, -0.25) is 0 Å². The monoisotopic (exact) mass is 316 g/mol. The minimum absolute atomic E-state index is 0.156. The molecule has 1 aromatic rings. The molecule has 0 fully saturated rings. The number of nitrogens with zero attached hydrogens (tertiary/aromatic N) is 1. The van der Waals surface area contributed by atoms with Crippen molar-refractivity contribution in [3.05, 3.63) is 28.2 Å². The van der Waals surface area contributed by atoms with Crippen LogP contribution in [0.3, 0.4) is 0 Å². The molecule has 0 unspecified atom stereocenters. The average molecular weight is 317 g/mol. The van der Waals surface area contributed by atoms with Gasteiger partial charge in [-0.1, -0.05) is 15.9 Å². The minimum atomic E-state index is 0.156. The first-order chi connectivity index (χ1) is 8.69. The van der Waals surface area contributed by atoms with Gasteiger partial charge in [0, 0.05) is 44.0 Å². The van der Waals surface area contributed by atoms with Crippen LogP contribution in [0, 0.1) is 0 Å². The van der Waals surface area contributed by atoms with E-state index in [0.717, 1.165) is 23.2 Å². The first-order valence-electron chi connectivity index (χ1n) is 5.99. The molecule has 2 N–H and O–H groups in total. The molecule has 1 rings (SSSR count). The molecular formula is C13H21BrN2O2. The van der Waals surface area contributed by atoms with Crippen molar-refractivity contribution >= 4 is 21.6 Å². The van der Waals surface area contributed by atoms with E-state index in [0.29, 0.717) is 13.2 Å². The largest absolute Gasteiger partial charge is 0.395 e. The van der Waals surface area contributed by atoms with Gasteiger partial charge < -0.3 is 20.1 Å². The van der Waals surface area contributed by atoms with E-state index in [2.05, 4.69) is 38.3 Å². The zero-order valence-electron chi connectivity index (χ0n) is 10.9. The van der Waals surface area contributed by atoms with E-state index in [1.54, 1.807) is 7.11 Å². The Bertz CT molecular complexity index is 361. The molecule has 0 spiro atoms. The van der Waals surface area contributed by atoms with Crippen LogP contribution in [0.15, 0.2) is 22.7 Å². The third kappa shape index (κ3) is 4.94. The summed E-state index contributed by atoms with van der Waals surface area (Å²) < 4.78 is 6.07.